The lowest BCUT2D eigenvalue weighted by molar-refractivity contribution is 0.0787. The number of hydrogen-bond donors (Lipinski definition) is 0. The van der Waals surface area contributed by atoms with E-state index in [0.29, 0.717) is 12.1 Å². The number of hydrogen-bond acceptors (Lipinski definition) is 4. The second kappa shape index (κ2) is 9.75. The van der Waals surface area contributed by atoms with Crippen LogP contribution in [0, 0.1) is 20.8 Å². The molecule has 0 saturated carbocycles. The molecule has 0 aliphatic heterocycles. The smallest absolute Gasteiger partial charge is 0.254 e. The topological polar surface area (TPSA) is 63.9 Å². The van der Waals surface area contributed by atoms with Crippen LogP contribution in [0.25, 0.3) is 22.3 Å². The lowest BCUT2D eigenvalue weighted by Crippen LogP contribution is -2.27. The molecular weight excluding hydrogens is 422 g/mol. The van der Waals surface area contributed by atoms with Gasteiger partial charge in [0.1, 0.15) is 0 Å². The first-order chi connectivity index (χ1) is 16.3. The Morgan fingerprint density at radius 2 is 1.76 bits per heavy atom. The number of fused-ring (bicyclic) bond motifs is 1. The monoisotopic (exact) mass is 455 g/mol. The van der Waals surface area contributed by atoms with Crippen LogP contribution >= 0.6 is 0 Å². The largest absolute Gasteiger partial charge is 0.337 e. The Kier molecular flexibility index (Phi) is 6.77. The highest BCUT2D eigenvalue weighted by molar-refractivity contribution is 6.07. The van der Waals surface area contributed by atoms with Crippen molar-refractivity contribution in [3.8, 4) is 11.4 Å². The van der Waals surface area contributed by atoms with Gasteiger partial charge in [-0.1, -0.05) is 25.0 Å². The predicted octanol–water partition coefficient (Wildman–Crippen LogP) is 5.66. The van der Waals surface area contributed by atoms with Crippen molar-refractivity contribution >= 4 is 16.8 Å². The van der Waals surface area contributed by atoms with E-state index in [1.165, 1.54) is 5.56 Å². The highest BCUT2D eigenvalue weighted by atomic mass is 16.2. The Morgan fingerprint density at radius 3 is 2.47 bits per heavy atom. The molecule has 0 saturated heterocycles. The summed E-state index contributed by atoms with van der Waals surface area (Å²) in [6.45, 7) is 11.6. The van der Waals surface area contributed by atoms with Crippen LogP contribution in [-0.4, -0.2) is 37.6 Å². The highest BCUT2D eigenvalue weighted by Gasteiger charge is 2.20. The fraction of sp³-hybridized carbons (Fsp3) is 0.357. The Hall–Kier alpha value is -3.54. The van der Waals surface area contributed by atoms with E-state index in [-0.39, 0.29) is 5.91 Å². The molecule has 0 bridgehead atoms. The first-order valence-corrected chi connectivity index (χ1v) is 12.0. The van der Waals surface area contributed by atoms with Crippen LogP contribution < -0.4 is 0 Å². The molecule has 4 rings (SSSR count). The number of aromatic nitrogens is 4. The van der Waals surface area contributed by atoms with Gasteiger partial charge in [0.15, 0.2) is 0 Å². The summed E-state index contributed by atoms with van der Waals surface area (Å²) < 4.78 is 1.95. The summed E-state index contributed by atoms with van der Waals surface area (Å²) in [5.74, 6) is -0.0377. The minimum atomic E-state index is -0.0377. The van der Waals surface area contributed by atoms with Gasteiger partial charge in [-0.3, -0.25) is 14.5 Å². The fourth-order valence-corrected chi connectivity index (χ4v) is 4.44. The summed E-state index contributed by atoms with van der Waals surface area (Å²) in [6.07, 6.45) is 3.91. The minimum Gasteiger partial charge on any atom is -0.337 e. The lowest BCUT2D eigenvalue weighted by atomic mass is 10.0. The van der Waals surface area contributed by atoms with E-state index in [9.17, 15) is 4.79 Å². The van der Waals surface area contributed by atoms with Gasteiger partial charge in [-0.05, 0) is 70.0 Å². The van der Waals surface area contributed by atoms with Gasteiger partial charge in [-0.15, -0.1) is 0 Å². The van der Waals surface area contributed by atoms with Crippen molar-refractivity contribution in [3.63, 3.8) is 0 Å². The van der Waals surface area contributed by atoms with Crippen molar-refractivity contribution < 1.29 is 4.79 Å². The van der Waals surface area contributed by atoms with Crippen molar-refractivity contribution in [2.24, 2.45) is 0 Å². The molecule has 3 aromatic heterocycles. The quantitative estimate of drug-likeness (QED) is 0.360. The molecule has 0 N–H and O–H groups in total. The van der Waals surface area contributed by atoms with Crippen molar-refractivity contribution in [2.75, 3.05) is 7.05 Å². The van der Waals surface area contributed by atoms with E-state index in [1.807, 2.05) is 63.0 Å². The zero-order chi connectivity index (χ0) is 24.4. The van der Waals surface area contributed by atoms with Gasteiger partial charge in [0, 0.05) is 42.5 Å². The molecule has 6 nitrogen and oxygen atoms in total. The molecule has 1 amide bonds. The predicted molar refractivity (Wildman–Crippen MR) is 137 cm³/mol. The van der Waals surface area contributed by atoms with E-state index < -0.39 is 0 Å². The maximum absolute atomic E-state index is 13.7. The number of aryl methyl sites for hydroxylation is 4. The van der Waals surface area contributed by atoms with Gasteiger partial charge in [0.2, 0.25) is 0 Å². The highest BCUT2D eigenvalue weighted by Crippen LogP contribution is 2.27. The zero-order valence-corrected chi connectivity index (χ0v) is 21.0. The fourth-order valence-electron chi connectivity index (χ4n) is 4.44. The van der Waals surface area contributed by atoms with Crippen molar-refractivity contribution in [1.82, 2.24) is 24.6 Å². The molecule has 0 aliphatic rings. The van der Waals surface area contributed by atoms with Crippen LogP contribution in [-0.2, 0) is 19.5 Å². The van der Waals surface area contributed by atoms with Crippen LogP contribution in [0.4, 0.5) is 0 Å². The molecule has 0 aliphatic carbocycles. The van der Waals surface area contributed by atoms with Gasteiger partial charge in [-0.2, -0.15) is 5.10 Å². The Labute approximate surface area is 201 Å². The summed E-state index contributed by atoms with van der Waals surface area (Å²) in [7, 11) is 1.84. The van der Waals surface area contributed by atoms with Crippen molar-refractivity contribution in [2.45, 2.75) is 60.5 Å². The summed E-state index contributed by atoms with van der Waals surface area (Å²) in [5.41, 5.74) is 8.42. The third-order valence-corrected chi connectivity index (χ3v) is 6.27. The number of pyridine rings is 2. The third-order valence-electron chi connectivity index (χ3n) is 6.27. The van der Waals surface area contributed by atoms with Crippen LogP contribution in [0.2, 0.25) is 0 Å². The normalized spacial score (nSPS) is 11.2. The van der Waals surface area contributed by atoms with Gasteiger partial charge in [-0.25, -0.2) is 4.98 Å². The molecule has 6 heteroatoms. The molecule has 0 fully saturated rings. The first kappa shape index (κ1) is 23.6. The summed E-state index contributed by atoms with van der Waals surface area (Å²) in [6, 6.07) is 12.2. The van der Waals surface area contributed by atoms with E-state index in [1.54, 1.807) is 4.90 Å². The molecular formula is C28H33N5O. The van der Waals surface area contributed by atoms with E-state index >= 15 is 0 Å². The molecule has 0 radical (unpaired) electrons. The van der Waals surface area contributed by atoms with Gasteiger partial charge in [0.05, 0.1) is 28.7 Å². The van der Waals surface area contributed by atoms with Crippen LogP contribution in [0.5, 0.6) is 0 Å². The van der Waals surface area contributed by atoms with Gasteiger partial charge < -0.3 is 4.90 Å². The van der Waals surface area contributed by atoms with Crippen molar-refractivity contribution in [3.05, 3.63) is 76.2 Å². The lowest BCUT2D eigenvalue weighted by Gasteiger charge is -2.19. The third kappa shape index (κ3) is 4.72. The average molecular weight is 456 g/mol. The minimum absolute atomic E-state index is 0.0377. The number of carbonyl (C=O) groups is 1. The second-order valence-corrected chi connectivity index (χ2v) is 9.06. The first-order valence-electron chi connectivity index (χ1n) is 12.0. The standard InChI is InChI=1S/C28H33N5O/c1-7-9-21-13-19(4)30-26(14-21)27-15-24(23-12-18(3)10-11-25(23)31-27)28(34)32(6)17-22-16-29-33(8-2)20(22)5/h10-16H,7-9,17H2,1-6H3. The zero-order valence-electron chi connectivity index (χ0n) is 21.0. The number of nitrogens with zero attached hydrogens (tertiary/aromatic N) is 5. The molecule has 1 aromatic carbocycles. The molecule has 3 heterocycles. The molecule has 0 atom stereocenters. The molecule has 0 spiro atoms. The number of rotatable bonds is 7. The van der Waals surface area contributed by atoms with Crippen LogP contribution in [0.15, 0.2) is 42.6 Å². The average Bonchev–Trinajstić information content (AvgIpc) is 3.16. The van der Waals surface area contributed by atoms with E-state index in [0.717, 1.165) is 64.2 Å². The number of benzene rings is 1. The number of carbonyl (C=O) groups excluding carboxylic acids is 1. The SMILES string of the molecule is CCCc1cc(C)nc(-c2cc(C(=O)N(C)Cc3cnn(CC)c3C)c3cc(C)ccc3n2)c1. The molecule has 176 valence electrons. The Morgan fingerprint density at radius 1 is 1.00 bits per heavy atom. The van der Waals surface area contributed by atoms with E-state index in [4.69, 9.17) is 9.97 Å². The van der Waals surface area contributed by atoms with Crippen molar-refractivity contribution in [1.29, 1.82) is 0 Å². The van der Waals surface area contributed by atoms with E-state index in [2.05, 4.69) is 31.1 Å². The maximum Gasteiger partial charge on any atom is 0.254 e. The molecule has 4 aromatic rings. The second-order valence-electron chi connectivity index (χ2n) is 9.06. The van der Waals surface area contributed by atoms with Gasteiger partial charge >= 0.3 is 0 Å². The summed E-state index contributed by atoms with van der Waals surface area (Å²) >= 11 is 0. The Bertz CT molecular complexity index is 1350. The molecule has 34 heavy (non-hydrogen) atoms. The summed E-state index contributed by atoms with van der Waals surface area (Å²) in [4.78, 5) is 25.1. The van der Waals surface area contributed by atoms with Crippen LogP contribution in [0.3, 0.4) is 0 Å². The maximum atomic E-state index is 13.7. The number of amides is 1. The van der Waals surface area contributed by atoms with Gasteiger partial charge in [0.25, 0.3) is 5.91 Å². The Balaban J connectivity index is 1.78. The summed E-state index contributed by atoms with van der Waals surface area (Å²) in [5, 5.41) is 5.29. The van der Waals surface area contributed by atoms with Crippen LogP contribution in [0.1, 0.15) is 58.7 Å². The molecule has 0 unspecified atom stereocenters.